The highest BCUT2D eigenvalue weighted by atomic mass is 19.1. The van der Waals surface area contributed by atoms with Crippen LogP contribution in [0.1, 0.15) is 23.4 Å². The van der Waals surface area contributed by atoms with Crippen molar-refractivity contribution in [3.05, 3.63) is 95.6 Å². The SMILES string of the molecule is COc1ccc(CC(=O)NCCCc2nc3ccccc3n2Cc2ccc(F)cc2)cc1. The van der Waals surface area contributed by atoms with Crippen molar-refractivity contribution in [1.29, 1.82) is 0 Å². The van der Waals surface area contributed by atoms with E-state index in [1.807, 2.05) is 48.5 Å². The Hall–Kier alpha value is -3.67. The van der Waals surface area contributed by atoms with E-state index in [-0.39, 0.29) is 11.7 Å². The fourth-order valence-corrected chi connectivity index (χ4v) is 3.73. The normalized spacial score (nSPS) is 10.9. The van der Waals surface area contributed by atoms with E-state index in [9.17, 15) is 9.18 Å². The first-order chi connectivity index (χ1) is 15.6. The van der Waals surface area contributed by atoms with Gasteiger partial charge >= 0.3 is 0 Å². The number of fused-ring (bicyclic) bond motifs is 1. The van der Waals surface area contributed by atoms with Crippen molar-refractivity contribution >= 4 is 16.9 Å². The predicted octanol–water partition coefficient (Wildman–Crippen LogP) is 4.52. The van der Waals surface area contributed by atoms with Crippen molar-refractivity contribution in [1.82, 2.24) is 14.9 Å². The molecule has 4 aromatic rings. The number of nitrogens with zero attached hydrogens (tertiary/aromatic N) is 2. The third-order valence-corrected chi connectivity index (χ3v) is 5.41. The Morgan fingerprint density at radius 3 is 2.47 bits per heavy atom. The molecule has 0 unspecified atom stereocenters. The smallest absolute Gasteiger partial charge is 0.224 e. The summed E-state index contributed by atoms with van der Waals surface area (Å²) in [6, 6.07) is 22.1. The van der Waals surface area contributed by atoms with Gasteiger partial charge in [0.1, 0.15) is 17.4 Å². The number of aryl methyl sites for hydroxylation is 1. The molecule has 4 rings (SSSR count). The Morgan fingerprint density at radius 2 is 1.72 bits per heavy atom. The van der Waals surface area contributed by atoms with Crippen molar-refractivity contribution in [3.8, 4) is 5.75 Å². The van der Waals surface area contributed by atoms with E-state index in [0.717, 1.165) is 46.6 Å². The lowest BCUT2D eigenvalue weighted by atomic mass is 10.1. The van der Waals surface area contributed by atoms with Crippen LogP contribution in [0.5, 0.6) is 5.75 Å². The van der Waals surface area contributed by atoms with Crippen LogP contribution in [0.25, 0.3) is 11.0 Å². The number of nitrogens with one attached hydrogen (secondary N) is 1. The van der Waals surface area contributed by atoms with Gasteiger partial charge in [-0.15, -0.1) is 0 Å². The molecule has 1 aromatic heterocycles. The summed E-state index contributed by atoms with van der Waals surface area (Å²) in [5.74, 6) is 1.49. The van der Waals surface area contributed by atoms with Crippen molar-refractivity contribution in [3.63, 3.8) is 0 Å². The number of benzene rings is 3. The van der Waals surface area contributed by atoms with Crippen molar-refractivity contribution < 1.29 is 13.9 Å². The van der Waals surface area contributed by atoms with E-state index >= 15 is 0 Å². The molecule has 0 atom stereocenters. The summed E-state index contributed by atoms with van der Waals surface area (Å²) in [5.41, 5.74) is 3.96. The van der Waals surface area contributed by atoms with Gasteiger partial charge in [-0.25, -0.2) is 9.37 Å². The zero-order valence-corrected chi connectivity index (χ0v) is 18.1. The van der Waals surface area contributed by atoms with E-state index in [1.165, 1.54) is 12.1 Å². The molecule has 3 aromatic carbocycles. The monoisotopic (exact) mass is 431 g/mol. The number of hydrogen-bond acceptors (Lipinski definition) is 3. The van der Waals surface area contributed by atoms with Crippen LogP contribution < -0.4 is 10.1 Å². The number of ether oxygens (including phenoxy) is 1. The number of methoxy groups -OCH3 is 1. The van der Waals surface area contributed by atoms with Gasteiger partial charge in [0, 0.05) is 19.5 Å². The first-order valence-corrected chi connectivity index (χ1v) is 10.7. The molecule has 5 nitrogen and oxygen atoms in total. The third kappa shape index (κ3) is 5.32. The number of para-hydroxylation sites is 2. The highest BCUT2D eigenvalue weighted by Crippen LogP contribution is 2.19. The van der Waals surface area contributed by atoms with E-state index in [2.05, 4.69) is 9.88 Å². The minimum absolute atomic E-state index is 0.00465. The molecule has 0 aliphatic carbocycles. The van der Waals surface area contributed by atoms with Crippen LogP contribution >= 0.6 is 0 Å². The Bertz CT molecular complexity index is 1180. The van der Waals surface area contributed by atoms with Crippen molar-refractivity contribution in [2.75, 3.05) is 13.7 Å². The van der Waals surface area contributed by atoms with Crippen LogP contribution in [0.15, 0.2) is 72.8 Å². The van der Waals surface area contributed by atoms with Gasteiger partial charge in [-0.1, -0.05) is 36.4 Å². The van der Waals surface area contributed by atoms with E-state index in [0.29, 0.717) is 19.5 Å². The second-order valence-electron chi connectivity index (χ2n) is 7.71. The number of rotatable bonds is 9. The van der Waals surface area contributed by atoms with E-state index < -0.39 is 0 Å². The Morgan fingerprint density at radius 1 is 1.00 bits per heavy atom. The maximum atomic E-state index is 13.3. The number of imidazole rings is 1. The van der Waals surface area contributed by atoms with Crippen molar-refractivity contribution in [2.24, 2.45) is 0 Å². The lowest BCUT2D eigenvalue weighted by Gasteiger charge is -2.10. The molecule has 0 aliphatic heterocycles. The number of carbonyl (C=O) groups excluding carboxylic acids is 1. The van der Waals surface area contributed by atoms with Crippen LogP contribution in [-0.4, -0.2) is 29.1 Å². The number of halogens is 1. The molecule has 0 bridgehead atoms. The molecular formula is C26H26FN3O2. The minimum Gasteiger partial charge on any atom is -0.497 e. The molecule has 1 amide bonds. The number of amides is 1. The molecule has 164 valence electrons. The summed E-state index contributed by atoms with van der Waals surface area (Å²) in [6.45, 7) is 1.20. The van der Waals surface area contributed by atoms with Gasteiger partial charge in [0.05, 0.1) is 24.6 Å². The van der Waals surface area contributed by atoms with E-state index in [1.54, 1.807) is 19.2 Å². The topological polar surface area (TPSA) is 56.1 Å². The summed E-state index contributed by atoms with van der Waals surface area (Å²) >= 11 is 0. The molecule has 6 heteroatoms. The van der Waals surface area contributed by atoms with Crippen LogP contribution in [0, 0.1) is 5.82 Å². The maximum Gasteiger partial charge on any atom is 0.224 e. The van der Waals surface area contributed by atoms with Gasteiger partial charge in [0.2, 0.25) is 5.91 Å². The summed E-state index contributed by atoms with van der Waals surface area (Å²) < 4.78 is 20.6. The van der Waals surface area contributed by atoms with Gasteiger partial charge < -0.3 is 14.6 Å². The molecule has 0 saturated carbocycles. The van der Waals surface area contributed by atoms with Crippen LogP contribution in [0.2, 0.25) is 0 Å². The Balaban J connectivity index is 1.36. The quantitative estimate of drug-likeness (QED) is 0.396. The molecule has 32 heavy (non-hydrogen) atoms. The summed E-state index contributed by atoms with van der Waals surface area (Å²) in [7, 11) is 1.62. The van der Waals surface area contributed by atoms with Crippen molar-refractivity contribution in [2.45, 2.75) is 25.8 Å². The maximum absolute atomic E-state index is 13.3. The zero-order valence-electron chi connectivity index (χ0n) is 18.1. The third-order valence-electron chi connectivity index (χ3n) is 5.41. The highest BCUT2D eigenvalue weighted by molar-refractivity contribution is 5.78. The zero-order chi connectivity index (χ0) is 22.3. The molecule has 1 heterocycles. The second-order valence-corrected chi connectivity index (χ2v) is 7.71. The largest absolute Gasteiger partial charge is 0.497 e. The number of carbonyl (C=O) groups is 1. The molecule has 0 aliphatic rings. The van der Waals surface area contributed by atoms with Gasteiger partial charge in [0.15, 0.2) is 0 Å². The van der Waals surface area contributed by atoms with Gasteiger partial charge in [-0.05, 0) is 53.9 Å². The first-order valence-electron chi connectivity index (χ1n) is 10.7. The fraction of sp³-hybridized carbons (Fsp3) is 0.231. The summed E-state index contributed by atoms with van der Waals surface area (Å²) in [6.07, 6.45) is 1.85. The molecule has 0 fully saturated rings. The first kappa shape index (κ1) is 21.6. The minimum atomic E-state index is -0.241. The van der Waals surface area contributed by atoms with Gasteiger partial charge in [0.25, 0.3) is 0 Å². The lowest BCUT2D eigenvalue weighted by Crippen LogP contribution is -2.26. The standard InChI is InChI=1S/C26H26FN3O2/c1-32-22-14-10-19(11-15-22)17-26(31)28-16-4-7-25-29-23-5-2-3-6-24(23)30(25)18-20-8-12-21(27)13-9-20/h2-3,5-6,8-15H,4,7,16-18H2,1H3,(H,28,31). The molecule has 0 spiro atoms. The molecule has 1 N–H and O–H groups in total. The molecule has 0 saturated heterocycles. The average Bonchev–Trinajstić information content (AvgIpc) is 3.16. The van der Waals surface area contributed by atoms with Crippen LogP contribution in [0.3, 0.4) is 0 Å². The van der Waals surface area contributed by atoms with Gasteiger partial charge in [-0.2, -0.15) is 0 Å². The van der Waals surface area contributed by atoms with Crippen LogP contribution in [-0.2, 0) is 24.2 Å². The number of aromatic nitrogens is 2. The fourth-order valence-electron chi connectivity index (χ4n) is 3.73. The Kier molecular flexibility index (Phi) is 6.80. The molecular weight excluding hydrogens is 405 g/mol. The molecule has 0 radical (unpaired) electrons. The van der Waals surface area contributed by atoms with Gasteiger partial charge in [-0.3, -0.25) is 4.79 Å². The summed E-state index contributed by atoms with van der Waals surface area (Å²) in [5, 5.41) is 2.99. The average molecular weight is 432 g/mol. The highest BCUT2D eigenvalue weighted by Gasteiger charge is 2.11. The van der Waals surface area contributed by atoms with E-state index in [4.69, 9.17) is 9.72 Å². The second kappa shape index (κ2) is 10.1. The lowest BCUT2D eigenvalue weighted by molar-refractivity contribution is -0.120. The number of hydrogen-bond donors (Lipinski definition) is 1. The summed E-state index contributed by atoms with van der Waals surface area (Å²) in [4.78, 5) is 17.1. The van der Waals surface area contributed by atoms with Crippen LogP contribution in [0.4, 0.5) is 4.39 Å². The predicted molar refractivity (Wildman–Crippen MR) is 123 cm³/mol. The Labute approximate surface area is 186 Å².